The van der Waals surface area contributed by atoms with Crippen LogP contribution in [-0.2, 0) is 0 Å². The van der Waals surface area contributed by atoms with Crippen molar-refractivity contribution in [3.63, 3.8) is 0 Å². The van der Waals surface area contributed by atoms with Crippen LogP contribution in [0.15, 0.2) is 4.99 Å². The summed E-state index contributed by atoms with van der Waals surface area (Å²) >= 11 is 0. The Labute approximate surface area is 162 Å². The Hall–Kier alpha value is -0.810. The van der Waals surface area contributed by atoms with Crippen molar-refractivity contribution in [2.45, 2.75) is 65.8 Å². The predicted octanol–water partition coefficient (Wildman–Crippen LogP) is 2.78. The first kappa shape index (κ1) is 21.5. The van der Waals surface area contributed by atoms with Gasteiger partial charge in [0.05, 0.1) is 0 Å². The van der Waals surface area contributed by atoms with Gasteiger partial charge in [0.15, 0.2) is 5.96 Å². The molecule has 0 amide bonds. The third kappa shape index (κ3) is 7.83. The molecule has 1 unspecified atom stereocenters. The van der Waals surface area contributed by atoms with Gasteiger partial charge in [0.1, 0.15) is 0 Å². The summed E-state index contributed by atoms with van der Waals surface area (Å²) in [7, 11) is 0. The zero-order chi connectivity index (χ0) is 18.8. The van der Waals surface area contributed by atoms with Gasteiger partial charge in [0.25, 0.3) is 0 Å². The fourth-order valence-electron chi connectivity index (χ4n) is 4.07. The lowest BCUT2D eigenvalue weighted by molar-refractivity contribution is 0.143. The molecule has 0 spiro atoms. The predicted molar refractivity (Wildman–Crippen MR) is 113 cm³/mol. The van der Waals surface area contributed by atoms with Crippen molar-refractivity contribution in [1.82, 2.24) is 20.4 Å². The average molecular weight is 366 g/mol. The number of rotatable bonds is 8. The number of nitrogens with one attached hydrogen (secondary N) is 2. The highest BCUT2D eigenvalue weighted by molar-refractivity contribution is 5.79. The van der Waals surface area contributed by atoms with Gasteiger partial charge in [0.2, 0.25) is 0 Å². The van der Waals surface area contributed by atoms with Crippen molar-refractivity contribution < 1.29 is 0 Å². The summed E-state index contributed by atoms with van der Waals surface area (Å²) in [5, 5.41) is 6.95. The molecule has 152 valence electrons. The summed E-state index contributed by atoms with van der Waals surface area (Å²) in [5.74, 6) is 2.63. The highest BCUT2D eigenvalue weighted by Gasteiger charge is 2.21. The molecule has 0 aromatic carbocycles. The Kier molecular flexibility index (Phi) is 9.76. The van der Waals surface area contributed by atoms with Crippen LogP contribution >= 0.6 is 0 Å². The van der Waals surface area contributed by atoms with E-state index in [1.54, 1.807) is 0 Å². The molecule has 2 heterocycles. The van der Waals surface area contributed by atoms with Crippen LogP contribution in [0, 0.1) is 11.8 Å². The van der Waals surface area contributed by atoms with Crippen LogP contribution in [-0.4, -0.2) is 74.2 Å². The molecule has 5 heteroatoms. The average Bonchev–Trinajstić information content (AvgIpc) is 2.64. The van der Waals surface area contributed by atoms with E-state index in [9.17, 15) is 0 Å². The normalized spacial score (nSPS) is 24.2. The molecule has 26 heavy (non-hydrogen) atoms. The number of piperidine rings is 2. The largest absolute Gasteiger partial charge is 0.357 e. The molecule has 0 saturated carbocycles. The Bertz CT molecular complexity index is 401. The maximum atomic E-state index is 4.88. The Morgan fingerprint density at radius 2 is 1.88 bits per heavy atom. The van der Waals surface area contributed by atoms with E-state index in [4.69, 9.17) is 4.99 Å². The quantitative estimate of drug-likeness (QED) is 0.394. The van der Waals surface area contributed by atoms with Gasteiger partial charge in [-0.25, -0.2) is 0 Å². The first-order valence-electron chi connectivity index (χ1n) is 11.1. The molecule has 2 N–H and O–H groups in total. The fraction of sp³-hybridized carbons (Fsp3) is 0.952. The van der Waals surface area contributed by atoms with Gasteiger partial charge in [-0.1, -0.05) is 6.92 Å². The summed E-state index contributed by atoms with van der Waals surface area (Å²) in [5.41, 5.74) is 0. The molecule has 0 aliphatic carbocycles. The molecule has 1 atom stereocenters. The lowest BCUT2D eigenvalue weighted by Gasteiger charge is -2.34. The van der Waals surface area contributed by atoms with E-state index in [1.165, 1.54) is 64.8 Å². The lowest BCUT2D eigenvalue weighted by atomic mass is 9.97. The SMILES string of the molecule is CCNC(=NCC1CCCN(C(C)C)C1)NCCCN1CCC(C)CC1. The minimum atomic E-state index is 0.658. The van der Waals surface area contributed by atoms with Crippen LogP contribution in [0.4, 0.5) is 0 Å². The molecule has 0 bridgehead atoms. The first-order chi connectivity index (χ1) is 12.6. The van der Waals surface area contributed by atoms with E-state index in [1.807, 2.05) is 0 Å². The van der Waals surface area contributed by atoms with Crippen molar-refractivity contribution in [3.05, 3.63) is 0 Å². The Balaban J connectivity index is 1.67. The summed E-state index contributed by atoms with van der Waals surface area (Å²) in [6, 6.07) is 0.658. The molecule has 2 aliphatic heterocycles. The second kappa shape index (κ2) is 11.8. The molecular formula is C21H43N5. The first-order valence-corrected chi connectivity index (χ1v) is 11.1. The highest BCUT2D eigenvalue weighted by Crippen LogP contribution is 2.18. The number of hydrogen-bond acceptors (Lipinski definition) is 3. The molecule has 0 aromatic rings. The molecule has 5 nitrogen and oxygen atoms in total. The molecule has 2 fully saturated rings. The van der Waals surface area contributed by atoms with Crippen LogP contribution in [0.25, 0.3) is 0 Å². The topological polar surface area (TPSA) is 42.9 Å². The summed E-state index contributed by atoms with van der Waals surface area (Å²) in [6.45, 7) is 18.3. The summed E-state index contributed by atoms with van der Waals surface area (Å²) in [4.78, 5) is 10.1. The number of likely N-dealkylation sites (tertiary alicyclic amines) is 2. The van der Waals surface area contributed by atoms with Gasteiger partial charge in [0, 0.05) is 32.2 Å². The number of nitrogens with zero attached hydrogens (tertiary/aromatic N) is 3. The lowest BCUT2D eigenvalue weighted by Crippen LogP contribution is -2.42. The zero-order valence-corrected chi connectivity index (χ0v) is 17.8. The van der Waals surface area contributed by atoms with E-state index in [0.29, 0.717) is 12.0 Å². The van der Waals surface area contributed by atoms with Gasteiger partial charge in [-0.15, -0.1) is 0 Å². The van der Waals surface area contributed by atoms with Crippen LogP contribution < -0.4 is 10.6 Å². The van der Waals surface area contributed by atoms with Gasteiger partial charge in [-0.05, 0) is 90.9 Å². The molecular weight excluding hydrogens is 322 g/mol. The fourth-order valence-corrected chi connectivity index (χ4v) is 4.07. The zero-order valence-electron chi connectivity index (χ0n) is 17.8. The summed E-state index contributed by atoms with van der Waals surface area (Å²) < 4.78 is 0. The van der Waals surface area contributed by atoms with Crippen molar-refractivity contribution in [3.8, 4) is 0 Å². The molecule has 2 rings (SSSR count). The minimum absolute atomic E-state index is 0.658. The van der Waals surface area contributed by atoms with Gasteiger partial charge in [-0.2, -0.15) is 0 Å². The van der Waals surface area contributed by atoms with Gasteiger partial charge in [-0.3, -0.25) is 4.99 Å². The van der Waals surface area contributed by atoms with Crippen molar-refractivity contribution >= 4 is 5.96 Å². The van der Waals surface area contributed by atoms with Crippen LogP contribution in [0.1, 0.15) is 59.8 Å². The van der Waals surface area contributed by atoms with Crippen molar-refractivity contribution in [1.29, 1.82) is 0 Å². The maximum absolute atomic E-state index is 4.88. The minimum Gasteiger partial charge on any atom is -0.357 e. The number of aliphatic imine (C=N–C) groups is 1. The van der Waals surface area contributed by atoms with Crippen LogP contribution in [0.5, 0.6) is 0 Å². The van der Waals surface area contributed by atoms with Gasteiger partial charge >= 0.3 is 0 Å². The standard InChI is InChI=1S/C21H43N5/c1-5-22-21(23-11-7-12-25-14-9-19(4)10-15-25)24-16-20-8-6-13-26(17-20)18(2)3/h18-20H,5-17H2,1-4H3,(H2,22,23,24). The van der Waals surface area contributed by atoms with E-state index < -0.39 is 0 Å². The second-order valence-electron chi connectivity index (χ2n) is 8.62. The van der Waals surface area contributed by atoms with Gasteiger partial charge < -0.3 is 20.4 Å². The Morgan fingerprint density at radius 3 is 2.58 bits per heavy atom. The highest BCUT2D eigenvalue weighted by atomic mass is 15.2. The number of hydrogen-bond donors (Lipinski definition) is 2. The van der Waals surface area contributed by atoms with Crippen LogP contribution in [0.2, 0.25) is 0 Å². The third-order valence-electron chi connectivity index (χ3n) is 5.95. The molecule has 0 radical (unpaired) electrons. The maximum Gasteiger partial charge on any atom is 0.191 e. The summed E-state index contributed by atoms with van der Waals surface area (Å²) in [6.07, 6.45) is 6.57. The monoisotopic (exact) mass is 365 g/mol. The van der Waals surface area contributed by atoms with E-state index in [-0.39, 0.29) is 0 Å². The van der Waals surface area contributed by atoms with Crippen molar-refractivity contribution in [2.24, 2.45) is 16.8 Å². The Morgan fingerprint density at radius 1 is 1.12 bits per heavy atom. The van der Waals surface area contributed by atoms with Crippen LogP contribution in [0.3, 0.4) is 0 Å². The number of guanidine groups is 1. The molecule has 0 aromatic heterocycles. The molecule has 2 aliphatic rings. The van der Waals surface area contributed by atoms with E-state index >= 15 is 0 Å². The van der Waals surface area contributed by atoms with Crippen molar-refractivity contribution in [2.75, 3.05) is 52.4 Å². The smallest absolute Gasteiger partial charge is 0.191 e. The molecule has 2 saturated heterocycles. The second-order valence-corrected chi connectivity index (χ2v) is 8.62. The van der Waals surface area contributed by atoms with E-state index in [2.05, 4.69) is 48.1 Å². The van der Waals surface area contributed by atoms with E-state index in [0.717, 1.165) is 31.5 Å². The third-order valence-corrected chi connectivity index (χ3v) is 5.95.